The van der Waals surface area contributed by atoms with Crippen LogP contribution in [0.5, 0.6) is 0 Å². The Bertz CT molecular complexity index is 1140. The van der Waals surface area contributed by atoms with Crippen molar-refractivity contribution in [1.82, 2.24) is 23.6 Å². The number of halogens is 1. The number of hydrogen-bond donors (Lipinski definition) is 0. The summed E-state index contributed by atoms with van der Waals surface area (Å²) < 4.78 is 17.5. The molecule has 1 aliphatic heterocycles. The maximum Gasteiger partial charge on any atom is 0.332 e. The first-order valence-corrected chi connectivity index (χ1v) is 10.3. The third kappa shape index (κ3) is 3.89. The van der Waals surface area contributed by atoms with E-state index in [1.165, 1.54) is 21.3 Å². The predicted octanol–water partition coefficient (Wildman–Crippen LogP) is 1.18. The Morgan fingerprint density at radius 2 is 1.63 bits per heavy atom. The molecule has 2 aromatic heterocycles. The molecule has 3 heterocycles. The van der Waals surface area contributed by atoms with Crippen LogP contribution in [-0.4, -0.2) is 56.3 Å². The number of hydrogen-bond acceptors (Lipinski definition) is 5. The smallest absolute Gasteiger partial charge is 0.332 e. The Hall–Kier alpha value is -2.94. The first-order valence-electron chi connectivity index (χ1n) is 10.3. The number of nitrogens with zero attached hydrogens (tertiary/aromatic N) is 6. The Kier molecular flexibility index (Phi) is 5.72. The van der Waals surface area contributed by atoms with Crippen molar-refractivity contribution in [1.29, 1.82) is 0 Å². The molecule has 0 saturated carbocycles. The topological polar surface area (TPSA) is 68.3 Å². The zero-order valence-corrected chi connectivity index (χ0v) is 17.4. The fourth-order valence-electron chi connectivity index (χ4n) is 4.08. The molecular formula is C21H27FN6O2. The van der Waals surface area contributed by atoms with Crippen molar-refractivity contribution >= 4 is 16.9 Å². The summed E-state index contributed by atoms with van der Waals surface area (Å²) in [5.74, 6) is -0.214. The van der Waals surface area contributed by atoms with E-state index < -0.39 is 0 Å². The molecule has 0 radical (unpaired) electrons. The summed E-state index contributed by atoms with van der Waals surface area (Å²) in [7, 11) is 3.41. The maximum atomic E-state index is 13.1. The molecule has 1 saturated heterocycles. The van der Waals surface area contributed by atoms with Crippen molar-refractivity contribution < 1.29 is 4.39 Å². The van der Waals surface area contributed by atoms with E-state index in [0.717, 1.165) is 51.3 Å². The molecule has 160 valence electrons. The zero-order chi connectivity index (χ0) is 21.3. The molecule has 1 fully saturated rings. The zero-order valence-electron chi connectivity index (χ0n) is 17.4. The van der Waals surface area contributed by atoms with Crippen LogP contribution in [0.3, 0.4) is 0 Å². The van der Waals surface area contributed by atoms with E-state index >= 15 is 0 Å². The predicted molar refractivity (Wildman–Crippen MR) is 115 cm³/mol. The van der Waals surface area contributed by atoms with Crippen LogP contribution >= 0.6 is 0 Å². The second-order valence-corrected chi connectivity index (χ2v) is 7.84. The monoisotopic (exact) mass is 414 g/mol. The van der Waals surface area contributed by atoms with E-state index in [1.54, 1.807) is 25.0 Å². The minimum atomic E-state index is -0.320. The molecule has 1 aliphatic rings. The maximum absolute atomic E-state index is 13.1. The lowest BCUT2D eigenvalue weighted by Crippen LogP contribution is -2.46. The minimum absolute atomic E-state index is 0.214. The number of imidazole rings is 1. The molecule has 0 N–H and O–H groups in total. The van der Waals surface area contributed by atoms with E-state index in [9.17, 15) is 14.0 Å². The van der Waals surface area contributed by atoms with Gasteiger partial charge in [-0.25, -0.2) is 14.2 Å². The van der Waals surface area contributed by atoms with Crippen molar-refractivity contribution in [3.05, 3.63) is 57.2 Å². The summed E-state index contributed by atoms with van der Waals surface area (Å²) in [5.41, 5.74) is 1.33. The number of aromatic nitrogens is 4. The second-order valence-electron chi connectivity index (χ2n) is 7.84. The lowest BCUT2D eigenvalue weighted by Gasteiger charge is -2.36. The quantitative estimate of drug-likeness (QED) is 0.567. The van der Waals surface area contributed by atoms with E-state index in [0.29, 0.717) is 17.7 Å². The lowest BCUT2D eigenvalue weighted by atomic mass is 10.2. The van der Waals surface area contributed by atoms with Crippen molar-refractivity contribution in [3.8, 4) is 0 Å². The molecule has 30 heavy (non-hydrogen) atoms. The molecule has 9 heteroatoms. The Labute approximate surface area is 173 Å². The minimum Gasteiger partial charge on any atom is -0.369 e. The molecule has 0 amide bonds. The fourth-order valence-corrected chi connectivity index (χ4v) is 4.08. The van der Waals surface area contributed by atoms with Gasteiger partial charge in [-0.1, -0.05) is 0 Å². The van der Waals surface area contributed by atoms with Gasteiger partial charge >= 0.3 is 5.69 Å². The number of piperazine rings is 1. The van der Waals surface area contributed by atoms with Crippen molar-refractivity contribution in [2.45, 2.75) is 19.4 Å². The van der Waals surface area contributed by atoms with Gasteiger partial charge in [0, 0.05) is 52.5 Å². The number of aryl methyl sites for hydroxylation is 2. The van der Waals surface area contributed by atoms with Crippen LogP contribution in [0.2, 0.25) is 0 Å². The molecule has 0 unspecified atom stereocenters. The summed E-state index contributed by atoms with van der Waals surface area (Å²) in [6, 6.07) is 6.64. The van der Waals surface area contributed by atoms with Crippen LogP contribution in [0.1, 0.15) is 12.8 Å². The summed E-state index contributed by atoms with van der Waals surface area (Å²) >= 11 is 0. The summed E-state index contributed by atoms with van der Waals surface area (Å²) in [6.07, 6.45) is 3.23. The highest BCUT2D eigenvalue weighted by molar-refractivity contribution is 5.69. The highest BCUT2D eigenvalue weighted by Crippen LogP contribution is 2.17. The third-order valence-electron chi connectivity index (χ3n) is 5.87. The van der Waals surface area contributed by atoms with Crippen LogP contribution in [0.4, 0.5) is 10.1 Å². The first kappa shape index (κ1) is 20.3. The molecule has 0 spiro atoms. The van der Waals surface area contributed by atoms with Crippen molar-refractivity contribution in [2.75, 3.05) is 37.6 Å². The standard InChI is InChI=1S/C21H27FN6O2/c1-24-15-23-19-18(24)20(29)28(21(30)25(19)2)10-4-3-9-26-11-13-27(14-12-26)17-7-5-16(22)6-8-17/h5-8,15H,3-4,9-14H2,1-2H3. The van der Waals surface area contributed by atoms with Gasteiger partial charge in [-0.2, -0.15) is 0 Å². The van der Waals surface area contributed by atoms with Gasteiger partial charge in [0.05, 0.1) is 6.33 Å². The van der Waals surface area contributed by atoms with Gasteiger partial charge < -0.3 is 9.47 Å². The lowest BCUT2D eigenvalue weighted by molar-refractivity contribution is 0.251. The number of anilines is 1. The van der Waals surface area contributed by atoms with Gasteiger partial charge in [0.25, 0.3) is 5.56 Å². The van der Waals surface area contributed by atoms with Gasteiger partial charge in [-0.15, -0.1) is 0 Å². The van der Waals surface area contributed by atoms with Gasteiger partial charge in [-0.05, 0) is 43.7 Å². The van der Waals surface area contributed by atoms with E-state index in [4.69, 9.17) is 0 Å². The molecule has 0 bridgehead atoms. The Balaban J connectivity index is 1.30. The normalized spacial score (nSPS) is 15.2. The van der Waals surface area contributed by atoms with Crippen LogP contribution in [0, 0.1) is 5.82 Å². The number of fused-ring (bicyclic) bond motifs is 1. The van der Waals surface area contributed by atoms with Gasteiger partial charge in [0.2, 0.25) is 0 Å². The second kappa shape index (κ2) is 8.43. The fraction of sp³-hybridized carbons (Fsp3) is 0.476. The molecule has 4 rings (SSSR count). The molecule has 8 nitrogen and oxygen atoms in total. The average molecular weight is 414 g/mol. The van der Waals surface area contributed by atoms with Gasteiger partial charge in [-0.3, -0.25) is 18.8 Å². The average Bonchev–Trinajstić information content (AvgIpc) is 3.14. The summed E-state index contributed by atoms with van der Waals surface area (Å²) in [6.45, 7) is 5.04. The van der Waals surface area contributed by atoms with Gasteiger partial charge in [0.1, 0.15) is 5.82 Å². The highest BCUT2D eigenvalue weighted by Gasteiger charge is 2.18. The van der Waals surface area contributed by atoms with Crippen LogP contribution in [-0.2, 0) is 20.6 Å². The SMILES string of the molecule is Cn1cnc2c1c(=O)n(CCCCN1CCN(c3ccc(F)cc3)CC1)c(=O)n2C. The van der Waals surface area contributed by atoms with Gasteiger partial charge in [0.15, 0.2) is 11.2 Å². The number of rotatable bonds is 6. The number of benzene rings is 1. The summed E-state index contributed by atoms with van der Waals surface area (Å²) in [5, 5.41) is 0. The first-order chi connectivity index (χ1) is 14.5. The van der Waals surface area contributed by atoms with Crippen LogP contribution in [0.15, 0.2) is 40.2 Å². The third-order valence-corrected chi connectivity index (χ3v) is 5.87. The summed E-state index contributed by atoms with van der Waals surface area (Å²) in [4.78, 5) is 34.1. The Morgan fingerprint density at radius 3 is 2.33 bits per heavy atom. The largest absolute Gasteiger partial charge is 0.369 e. The number of unbranched alkanes of at least 4 members (excludes halogenated alkanes) is 1. The van der Waals surface area contributed by atoms with Crippen LogP contribution in [0.25, 0.3) is 11.2 Å². The van der Waals surface area contributed by atoms with Crippen molar-refractivity contribution in [3.63, 3.8) is 0 Å². The van der Waals surface area contributed by atoms with E-state index in [1.807, 2.05) is 12.1 Å². The Morgan fingerprint density at radius 1 is 0.967 bits per heavy atom. The van der Waals surface area contributed by atoms with Crippen molar-refractivity contribution in [2.24, 2.45) is 14.1 Å². The molecule has 1 aromatic carbocycles. The molecular weight excluding hydrogens is 387 g/mol. The van der Waals surface area contributed by atoms with Crippen LogP contribution < -0.4 is 16.1 Å². The molecule has 3 aromatic rings. The van der Waals surface area contributed by atoms with E-state index in [2.05, 4.69) is 14.8 Å². The molecule has 0 aliphatic carbocycles. The highest BCUT2D eigenvalue weighted by atomic mass is 19.1. The molecule has 0 atom stereocenters. The van der Waals surface area contributed by atoms with E-state index in [-0.39, 0.29) is 17.1 Å².